The molecular formula is C20H16Cl2N2O4. The topological polar surface area (TPSA) is 75.7 Å². The van der Waals surface area contributed by atoms with Gasteiger partial charge >= 0.3 is 5.97 Å². The van der Waals surface area contributed by atoms with E-state index in [9.17, 15) is 14.4 Å². The predicted octanol–water partition coefficient (Wildman–Crippen LogP) is 3.87. The SMILES string of the molecule is COC(=O)c1ccc(CN2C(=O)C(Cl)=C(Nc3cc(Cl)ccc3C)C2=O)cc1. The van der Waals surface area contributed by atoms with Crippen molar-refractivity contribution in [3.63, 3.8) is 0 Å². The molecule has 1 aliphatic rings. The number of carbonyl (C=O) groups excluding carboxylic acids is 3. The van der Waals surface area contributed by atoms with Crippen LogP contribution in [-0.4, -0.2) is 29.8 Å². The zero-order valence-corrected chi connectivity index (χ0v) is 16.6. The van der Waals surface area contributed by atoms with E-state index >= 15 is 0 Å². The molecule has 0 unspecified atom stereocenters. The lowest BCUT2D eigenvalue weighted by molar-refractivity contribution is -0.138. The highest BCUT2D eigenvalue weighted by molar-refractivity contribution is 6.48. The molecule has 1 N–H and O–H groups in total. The van der Waals surface area contributed by atoms with Gasteiger partial charge in [0.2, 0.25) is 0 Å². The lowest BCUT2D eigenvalue weighted by atomic mass is 10.1. The minimum Gasteiger partial charge on any atom is -0.465 e. The molecule has 0 saturated heterocycles. The second-order valence-corrected chi connectivity index (χ2v) is 6.97. The fourth-order valence-corrected chi connectivity index (χ4v) is 3.11. The van der Waals surface area contributed by atoms with Gasteiger partial charge in [-0.25, -0.2) is 4.79 Å². The smallest absolute Gasteiger partial charge is 0.337 e. The van der Waals surface area contributed by atoms with Gasteiger partial charge < -0.3 is 10.1 Å². The molecule has 0 atom stereocenters. The summed E-state index contributed by atoms with van der Waals surface area (Å²) in [5.41, 5.74) is 2.48. The molecule has 3 rings (SSSR count). The third-order valence-electron chi connectivity index (χ3n) is 4.29. The minimum atomic E-state index is -0.592. The average molecular weight is 419 g/mol. The summed E-state index contributed by atoms with van der Waals surface area (Å²) in [6.07, 6.45) is 0. The first-order chi connectivity index (χ1) is 13.3. The van der Waals surface area contributed by atoms with Crippen molar-refractivity contribution < 1.29 is 19.1 Å². The van der Waals surface area contributed by atoms with Crippen molar-refractivity contribution in [2.45, 2.75) is 13.5 Å². The van der Waals surface area contributed by atoms with Gasteiger partial charge in [-0.2, -0.15) is 0 Å². The molecule has 2 aromatic rings. The summed E-state index contributed by atoms with van der Waals surface area (Å²) in [7, 11) is 1.29. The number of anilines is 1. The van der Waals surface area contributed by atoms with Crippen molar-refractivity contribution in [3.8, 4) is 0 Å². The van der Waals surface area contributed by atoms with Crippen molar-refractivity contribution in [1.29, 1.82) is 0 Å². The third-order valence-corrected chi connectivity index (χ3v) is 4.87. The molecule has 2 aromatic carbocycles. The molecule has 2 amide bonds. The van der Waals surface area contributed by atoms with Crippen LogP contribution in [0.4, 0.5) is 5.69 Å². The van der Waals surface area contributed by atoms with Gasteiger partial charge in [0.25, 0.3) is 11.8 Å². The first kappa shape index (κ1) is 19.9. The van der Waals surface area contributed by atoms with Gasteiger partial charge in [0.05, 0.1) is 19.2 Å². The van der Waals surface area contributed by atoms with Crippen molar-refractivity contribution in [2.24, 2.45) is 0 Å². The summed E-state index contributed by atoms with van der Waals surface area (Å²) >= 11 is 12.1. The van der Waals surface area contributed by atoms with Crippen LogP contribution >= 0.6 is 23.2 Å². The van der Waals surface area contributed by atoms with E-state index in [1.807, 2.05) is 6.92 Å². The number of hydrogen-bond acceptors (Lipinski definition) is 5. The highest BCUT2D eigenvalue weighted by Gasteiger charge is 2.37. The standard InChI is InChI=1S/C20H16Cl2N2O4/c1-11-3-8-14(21)9-15(11)23-17-16(22)18(25)24(19(17)26)10-12-4-6-13(7-5-12)20(27)28-2/h3-9,23H,10H2,1-2H3. The number of halogens is 2. The molecule has 0 radical (unpaired) electrons. The Morgan fingerprint density at radius 2 is 1.75 bits per heavy atom. The summed E-state index contributed by atoms with van der Waals surface area (Å²) < 4.78 is 4.65. The molecule has 0 aliphatic carbocycles. The number of ether oxygens (including phenoxy) is 1. The summed E-state index contributed by atoms with van der Waals surface area (Å²) in [4.78, 5) is 37.8. The first-order valence-corrected chi connectivity index (χ1v) is 9.04. The Balaban J connectivity index is 1.79. The molecule has 28 heavy (non-hydrogen) atoms. The van der Waals surface area contributed by atoms with E-state index in [2.05, 4.69) is 10.1 Å². The van der Waals surface area contributed by atoms with Gasteiger partial charge in [0.1, 0.15) is 10.7 Å². The monoisotopic (exact) mass is 418 g/mol. The average Bonchev–Trinajstić information content (AvgIpc) is 2.88. The van der Waals surface area contributed by atoms with Crippen LogP contribution in [0.1, 0.15) is 21.5 Å². The van der Waals surface area contributed by atoms with E-state index in [0.29, 0.717) is 21.8 Å². The molecule has 0 saturated carbocycles. The van der Waals surface area contributed by atoms with Crippen molar-refractivity contribution in [2.75, 3.05) is 12.4 Å². The molecule has 6 nitrogen and oxygen atoms in total. The Hall–Kier alpha value is -2.83. The van der Waals surface area contributed by atoms with Gasteiger partial charge in [-0.15, -0.1) is 0 Å². The van der Waals surface area contributed by atoms with Crippen LogP contribution in [0.5, 0.6) is 0 Å². The van der Waals surface area contributed by atoms with Crippen LogP contribution in [-0.2, 0) is 20.9 Å². The molecule has 1 aliphatic heterocycles. The molecule has 0 spiro atoms. The van der Waals surface area contributed by atoms with Gasteiger partial charge in [0, 0.05) is 10.7 Å². The molecule has 1 heterocycles. The maximum absolute atomic E-state index is 12.7. The Bertz CT molecular complexity index is 1000. The van der Waals surface area contributed by atoms with Crippen LogP contribution in [0, 0.1) is 6.92 Å². The maximum atomic E-state index is 12.7. The summed E-state index contributed by atoms with van der Waals surface area (Å²) in [5, 5.41) is 3.22. The van der Waals surface area contributed by atoms with Gasteiger partial charge in [0.15, 0.2) is 0 Å². The summed E-state index contributed by atoms with van der Waals surface area (Å²) in [5.74, 6) is -1.59. The van der Waals surface area contributed by atoms with E-state index in [-0.39, 0.29) is 17.3 Å². The van der Waals surface area contributed by atoms with Crippen molar-refractivity contribution in [1.82, 2.24) is 4.90 Å². The quantitative estimate of drug-likeness (QED) is 0.589. The van der Waals surface area contributed by atoms with Crippen LogP contribution < -0.4 is 5.32 Å². The highest BCUT2D eigenvalue weighted by Crippen LogP contribution is 2.29. The molecule has 0 fully saturated rings. The molecule has 144 valence electrons. The number of nitrogens with one attached hydrogen (secondary N) is 1. The second kappa shape index (κ2) is 8.04. The number of carbonyl (C=O) groups is 3. The number of methoxy groups -OCH3 is 1. The number of aryl methyl sites for hydroxylation is 1. The molecular weight excluding hydrogens is 403 g/mol. The number of esters is 1. The number of hydrogen-bond donors (Lipinski definition) is 1. The minimum absolute atomic E-state index is 0.00298. The predicted molar refractivity (Wildman–Crippen MR) is 106 cm³/mol. The lowest BCUT2D eigenvalue weighted by Crippen LogP contribution is -2.31. The molecule has 0 aromatic heterocycles. The normalized spacial score (nSPS) is 13.9. The van der Waals surface area contributed by atoms with E-state index < -0.39 is 17.8 Å². The fourth-order valence-electron chi connectivity index (χ4n) is 2.71. The van der Waals surface area contributed by atoms with Gasteiger partial charge in [-0.05, 0) is 42.3 Å². The zero-order valence-electron chi connectivity index (χ0n) is 15.1. The number of benzene rings is 2. The molecule has 0 bridgehead atoms. The van der Waals surface area contributed by atoms with E-state index in [0.717, 1.165) is 10.5 Å². The highest BCUT2D eigenvalue weighted by atomic mass is 35.5. The van der Waals surface area contributed by atoms with Crippen LogP contribution in [0.3, 0.4) is 0 Å². The van der Waals surface area contributed by atoms with E-state index in [1.54, 1.807) is 42.5 Å². The fraction of sp³-hybridized carbons (Fsp3) is 0.150. The van der Waals surface area contributed by atoms with Crippen molar-refractivity contribution in [3.05, 3.63) is 74.9 Å². The molecule has 8 heteroatoms. The lowest BCUT2D eigenvalue weighted by Gasteiger charge is -2.16. The Morgan fingerprint density at radius 3 is 2.39 bits per heavy atom. The first-order valence-electron chi connectivity index (χ1n) is 8.28. The second-order valence-electron chi connectivity index (χ2n) is 6.16. The summed E-state index contributed by atoms with van der Waals surface area (Å²) in [6, 6.07) is 11.6. The number of nitrogens with zero attached hydrogens (tertiary/aromatic N) is 1. The van der Waals surface area contributed by atoms with Crippen LogP contribution in [0.25, 0.3) is 0 Å². The largest absolute Gasteiger partial charge is 0.465 e. The van der Waals surface area contributed by atoms with Crippen molar-refractivity contribution >= 4 is 46.7 Å². The van der Waals surface area contributed by atoms with Gasteiger partial charge in [-0.3, -0.25) is 14.5 Å². The summed E-state index contributed by atoms with van der Waals surface area (Å²) in [6.45, 7) is 1.87. The number of imide groups is 1. The Kier molecular flexibility index (Phi) is 5.72. The van der Waals surface area contributed by atoms with Gasteiger partial charge in [-0.1, -0.05) is 41.4 Å². The zero-order chi connectivity index (χ0) is 20.4. The third kappa shape index (κ3) is 3.88. The number of amides is 2. The Labute approximate surface area is 171 Å². The van der Waals surface area contributed by atoms with E-state index in [4.69, 9.17) is 23.2 Å². The van der Waals surface area contributed by atoms with Crippen LogP contribution in [0.2, 0.25) is 5.02 Å². The maximum Gasteiger partial charge on any atom is 0.337 e. The van der Waals surface area contributed by atoms with Crippen LogP contribution in [0.15, 0.2) is 53.2 Å². The van der Waals surface area contributed by atoms with E-state index in [1.165, 1.54) is 7.11 Å². The Morgan fingerprint density at radius 1 is 1.07 bits per heavy atom. The number of rotatable bonds is 5.